The molecule has 7 heteroatoms. The maximum Gasteiger partial charge on any atom is 0.260 e. The summed E-state index contributed by atoms with van der Waals surface area (Å²) in [5, 5.41) is 0.694. The Morgan fingerprint density at radius 1 is 1.04 bits per heavy atom. The Morgan fingerprint density at radius 2 is 1.71 bits per heavy atom. The summed E-state index contributed by atoms with van der Waals surface area (Å²) in [5.41, 5.74) is 2.08. The number of fused-ring (bicyclic) bond motifs is 1. The van der Waals surface area contributed by atoms with Crippen LogP contribution >= 0.6 is 23.1 Å². The number of benzene rings is 2. The van der Waals surface area contributed by atoms with Gasteiger partial charge < -0.3 is 4.90 Å². The van der Waals surface area contributed by atoms with Crippen molar-refractivity contribution in [1.29, 1.82) is 0 Å². The third-order valence-corrected chi connectivity index (χ3v) is 6.19. The first-order valence-corrected chi connectivity index (χ1v) is 11.0. The summed E-state index contributed by atoms with van der Waals surface area (Å²) in [4.78, 5) is 34.4. The molecule has 0 saturated carbocycles. The van der Waals surface area contributed by atoms with E-state index in [4.69, 9.17) is 4.98 Å². The predicted octanol–water partition coefficient (Wildman–Crippen LogP) is 4.43. The monoisotopic (exact) mass is 413 g/mol. The first-order chi connectivity index (χ1) is 13.4. The van der Waals surface area contributed by atoms with E-state index in [1.165, 1.54) is 18.3 Å². The Morgan fingerprint density at radius 3 is 2.32 bits per heavy atom. The number of thioether (sulfide) groups is 1. The lowest BCUT2D eigenvalue weighted by atomic mass is 10.1. The van der Waals surface area contributed by atoms with Crippen molar-refractivity contribution in [3.8, 4) is 0 Å². The number of nitrogens with zero attached hydrogens (tertiary/aromatic N) is 3. The number of anilines is 1. The molecule has 28 heavy (non-hydrogen) atoms. The Balaban J connectivity index is 1.98. The minimum atomic E-state index is -0.110. The van der Waals surface area contributed by atoms with Gasteiger partial charge in [0.15, 0.2) is 10.9 Å². The number of ketones is 1. The van der Waals surface area contributed by atoms with E-state index >= 15 is 0 Å². The number of Topliss-reactive ketones (excluding diaryl/α,β-unsaturated/α-hetero) is 1. The summed E-state index contributed by atoms with van der Waals surface area (Å²) in [7, 11) is 3.96. The molecule has 0 N–H and O–H groups in total. The van der Waals surface area contributed by atoms with E-state index < -0.39 is 0 Å². The van der Waals surface area contributed by atoms with Crippen LogP contribution in [0, 0.1) is 0 Å². The van der Waals surface area contributed by atoms with Crippen LogP contribution in [0.1, 0.15) is 27.6 Å². The average molecular weight is 414 g/mol. The second-order valence-electron chi connectivity index (χ2n) is 6.70. The maximum atomic E-state index is 13.3. The average Bonchev–Trinajstić information content (AvgIpc) is 3.11. The molecule has 0 aliphatic heterocycles. The third kappa shape index (κ3) is 4.43. The number of likely N-dealkylation sites (N-methyl/N-ethyl adjacent to an activating group) is 1. The second kappa shape index (κ2) is 8.86. The van der Waals surface area contributed by atoms with Crippen LogP contribution in [0.15, 0.2) is 47.4 Å². The molecule has 1 amide bonds. The molecular formula is C21H23N3O2S2. The molecule has 0 radical (unpaired) electrons. The number of hydrogen-bond acceptors (Lipinski definition) is 6. The number of thiazole rings is 1. The fraction of sp³-hybridized carbons (Fsp3) is 0.286. The lowest BCUT2D eigenvalue weighted by molar-refractivity contribution is 0.0981. The van der Waals surface area contributed by atoms with Gasteiger partial charge in [-0.05, 0) is 51.5 Å². The van der Waals surface area contributed by atoms with E-state index in [0.29, 0.717) is 22.8 Å². The van der Waals surface area contributed by atoms with Crippen molar-refractivity contribution in [3.05, 3.63) is 53.6 Å². The van der Waals surface area contributed by atoms with Crippen LogP contribution in [0.2, 0.25) is 0 Å². The van der Waals surface area contributed by atoms with Gasteiger partial charge in [-0.1, -0.05) is 29.5 Å². The lowest BCUT2D eigenvalue weighted by Gasteiger charge is -2.22. The molecule has 0 aliphatic carbocycles. The van der Waals surface area contributed by atoms with Crippen LogP contribution in [0.5, 0.6) is 0 Å². The van der Waals surface area contributed by atoms with Gasteiger partial charge in [-0.25, -0.2) is 4.98 Å². The summed E-state index contributed by atoms with van der Waals surface area (Å²) in [5.74, 6) is -0.124. The van der Waals surface area contributed by atoms with Gasteiger partial charge in [0.2, 0.25) is 0 Å². The summed E-state index contributed by atoms with van der Waals surface area (Å²) >= 11 is 3.18. The molecule has 0 saturated heterocycles. The third-order valence-electron chi connectivity index (χ3n) is 4.38. The van der Waals surface area contributed by atoms with Crippen molar-refractivity contribution in [3.63, 3.8) is 0 Å². The molecule has 0 atom stereocenters. The molecule has 0 aliphatic rings. The van der Waals surface area contributed by atoms with E-state index in [1.54, 1.807) is 40.9 Å². The van der Waals surface area contributed by atoms with Crippen LogP contribution in [0.3, 0.4) is 0 Å². The highest BCUT2D eigenvalue weighted by Crippen LogP contribution is 2.34. The number of para-hydroxylation sites is 1. The van der Waals surface area contributed by atoms with Gasteiger partial charge >= 0.3 is 0 Å². The van der Waals surface area contributed by atoms with Gasteiger partial charge in [-0.15, -0.1) is 11.8 Å². The van der Waals surface area contributed by atoms with E-state index in [-0.39, 0.29) is 11.7 Å². The van der Waals surface area contributed by atoms with E-state index in [2.05, 4.69) is 0 Å². The zero-order chi connectivity index (χ0) is 20.3. The summed E-state index contributed by atoms with van der Waals surface area (Å²) < 4.78 is 1.07. The second-order valence-corrected chi connectivity index (χ2v) is 8.55. The van der Waals surface area contributed by atoms with Gasteiger partial charge in [0.25, 0.3) is 5.91 Å². The molecule has 3 aromatic rings. The topological polar surface area (TPSA) is 53.5 Å². The molecule has 1 heterocycles. The molecule has 146 valence electrons. The summed E-state index contributed by atoms with van der Waals surface area (Å²) in [6, 6.07) is 12.9. The minimum Gasteiger partial charge on any atom is -0.308 e. The normalized spacial score (nSPS) is 11.2. The molecule has 5 nitrogen and oxygen atoms in total. The zero-order valence-corrected chi connectivity index (χ0v) is 18.1. The SMILES string of the molecule is CSc1cccc2sc(N(CCN(C)C)C(=O)c3ccc(C(C)=O)cc3)nc12. The van der Waals surface area contributed by atoms with Crippen LogP contribution in [0.4, 0.5) is 5.13 Å². The van der Waals surface area contributed by atoms with Gasteiger partial charge in [0, 0.05) is 29.1 Å². The van der Waals surface area contributed by atoms with E-state index in [9.17, 15) is 9.59 Å². The van der Waals surface area contributed by atoms with Gasteiger partial charge in [0.1, 0.15) is 0 Å². The van der Waals surface area contributed by atoms with E-state index in [1.807, 2.05) is 43.5 Å². The number of rotatable bonds is 7. The van der Waals surface area contributed by atoms with Crippen molar-refractivity contribution in [2.75, 3.05) is 38.3 Å². The molecule has 0 spiro atoms. The largest absolute Gasteiger partial charge is 0.308 e. The number of hydrogen-bond donors (Lipinski definition) is 0. The standard InChI is InChI=1S/C21H23N3O2S2/c1-14(25)15-8-10-16(11-9-15)20(26)24(13-12-23(2)3)21-22-19-17(27-4)6-5-7-18(19)28-21/h5-11H,12-13H2,1-4H3. The molecule has 2 aromatic carbocycles. The van der Waals surface area contributed by atoms with Crippen molar-refractivity contribution in [2.45, 2.75) is 11.8 Å². The predicted molar refractivity (Wildman–Crippen MR) is 118 cm³/mol. The number of carbonyl (C=O) groups excluding carboxylic acids is 2. The molecular weight excluding hydrogens is 390 g/mol. The molecule has 0 unspecified atom stereocenters. The number of aromatic nitrogens is 1. The van der Waals surface area contributed by atoms with Gasteiger partial charge in [0.05, 0.1) is 10.2 Å². The Labute approximate surface area is 173 Å². The van der Waals surface area contributed by atoms with Crippen LogP contribution < -0.4 is 4.90 Å². The highest BCUT2D eigenvalue weighted by atomic mass is 32.2. The Kier molecular flexibility index (Phi) is 6.49. The van der Waals surface area contributed by atoms with Crippen molar-refractivity contribution < 1.29 is 9.59 Å². The molecule has 1 aromatic heterocycles. The highest BCUT2D eigenvalue weighted by Gasteiger charge is 2.22. The quantitative estimate of drug-likeness (QED) is 0.424. The summed E-state index contributed by atoms with van der Waals surface area (Å²) in [6.45, 7) is 2.78. The van der Waals surface area contributed by atoms with Gasteiger partial charge in [-0.3, -0.25) is 14.5 Å². The highest BCUT2D eigenvalue weighted by molar-refractivity contribution is 7.98. The fourth-order valence-corrected chi connectivity index (χ4v) is 4.42. The van der Waals surface area contributed by atoms with Crippen molar-refractivity contribution in [1.82, 2.24) is 9.88 Å². The van der Waals surface area contributed by atoms with Crippen molar-refractivity contribution in [2.24, 2.45) is 0 Å². The van der Waals surface area contributed by atoms with E-state index in [0.717, 1.165) is 21.7 Å². The van der Waals surface area contributed by atoms with Crippen LogP contribution in [-0.4, -0.2) is 55.0 Å². The smallest absolute Gasteiger partial charge is 0.260 e. The van der Waals surface area contributed by atoms with Crippen LogP contribution in [-0.2, 0) is 0 Å². The molecule has 0 bridgehead atoms. The Hall–Kier alpha value is -2.22. The minimum absolute atomic E-state index is 0.0146. The molecule has 0 fully saturated rings. The molecule has 3 rings (SSSR count). The first kappa shape index (κ1) is 20.5. The van der Waals surface area contributed by atoms with Crippen molar-refractivity contribution >= 4 is 50.1 Å². The summed E-state index contributed by atoms with van der Waals surface area (Å²) in [6.07, 6.45) is 2.03. The maximum absolute atomic E-state index is 13.3. The lowest BCUT2D eigenvalue weighted by Crippen LogP contribution is -2.36. The Bertz CT molecular complexity index is 997. The fourth-order valence-electron chi connectivity index (χ4n) is 2.78. The number of amides is 1. The van der Waals surface area contributed by atoms with Crippen LogP contribution in [0.25, 0.3) is 10.2 Å². The zero-order valence-electron chi connectivity index (χ0n) is 16.4. The number of carbonyl (C=O) groups is 2. The van der Waals surface area contributed by atoms with Gasteiger partial charge in [-0.2, -0.15) is 0 Å². The first-order valence-electron chi connectivity index (χ1n) is 8.92.